The Morgan fingerprint density at radius 1 is 1.33 bits per heavy atom. The average molecular weight is 269 g/mol. The minimum atomic E-state index is -0.860. The zero-order valence-electron chi connectivity index (χ0n) is 9.56. The van der Waals surface area contributed by atoms with E-state index in [1.54, 1.807) is 30.3 Å². The molecule has 1 aromatic rings. The molecule has 0 atom stereocenters. The highest BCUT2D eigenvalue weighted by atomic mass is 35.5. The molecular formula is C12H13ClN2O3. The third-order valence-corrected chi connectivity index (χ3v) is 2.19. The van der Waals surface area contributed by atoms with E-state index in [1.807, 2.05) is 0 Å². The predicted octanol–water partition coefficient (Wildman–Crippen LogP) is 1.56. The van der Waals surface area contributed by atoms with Crippen molar-refractivity contribution in [1.29, 1.82) is 0 Å². The number of ether oxygens (including phenoxy) is 1. The van der Waals surface area contributed by atoms with Gasteiger partial charge < -0.3 is 15.8 Å². The summed E-state index contributed by atoms with van der Waals surface area (Å²) in [7, 11) is 0. The van der Waals surface area contributed by atoms with Crippen molar-refractivity contribution >= 4 is 29.7 Å². The summed E-state index contributed by atoms with van der Waals surface area (Å²) in [5, 5.41) is 3.17. The molecule has 0 aliphatic carbocycles. The maximum absolute atomic E-state index is 11.3. The van der Waals surface area contributed by atoms with E-state index in [1.165, 1.54) is 6.08 Å². The topological polar surface area (TPSA) is 81.4 Å². The van der Waals surface area contributed by atoms with Gasteiger partial charge in [0, 0.05) is 11.1 Å². The molecule has 0 saturated carbocycles. The molecule has 1 rings (SSSR count). The highest BCUT2D eigenvalue weighted by molar-refractivity contribution is 6.30. The Balaban J connectivity index is 2.31. The van der Waals surface area contributed by atoms with Crippen molar-refractivity contribution in [3.05, 3.63) is 40.9 Å². The smallest absolute Gasteiger partial charge is 0.404 e. The van der Waals surface area contributed by atoms with Crippen LogP contribution in [0.5, 0.6) is 0 Å². The fourth-order valence-electron chi connectivity index (χ4n) is 1.13. The van der Waals surface area contributed by atoms with Crippen molar-refractivity contribution < 1.29 is 14.3 Å². The van der Waals surface area contributed by atoms with E-state index in [9.17, 15) is 9.59 Å². The molecule has 5 nitrogen and oxygen atoms in total. The monoisotopic (exact) mass is 268 g/mol. The molecule has 0 heterocycles. The predicted molar refractivity (Wildman–Crippen MR) is 69.0 cm³/mol. The van der Waals surface area contributed by atoms with Gasteiger partial charge in [0.05, 0.1) is 6.54 Å². The molecule has 0 spiro atoms. The van der Waals surface area contributed by atoms with E-state index >= 15 is 0 Å². The molecule has 0 aliphatic rings. The average Bonchev–Trinajstić information content (AvgIpc) is 2.34. The first-order valence-electron chi connectivity index (χ1n) is 5.21. The number of carbonyl (C=O) groups is 2. The number of amides is 2. The van der Waals surface area contributed by atoms with Crippen LogP contribution >= 0.6 is 11.6 Å². The van der Waals surface area contributed by atoms with Gasteiger partial charge in [0.1, 0.15) is 6.61 Å². The van der Waals surface area contributed by atoms with E-state index in [0.717, 1.165) is 5.56 Å². The van der Waals surface area contributed by atoms with Crippen LogP contribution < -0.4 is 11.1 Å². The Bertz CT molecular complexity index is 443. The van der Waals surface area contributed by atoms with Crippen LogP contribution in [0.4, 0.5) is 4.79 Å². The number of halogens is 1. The third-order valence-electron chi connectivity index (χ3n) is 1.94. The van der Waals surface area contributed by atoms with E-state index < -0.39 is 6.09 Å². The Hall–Kier alpha value is -2.01. The summed E-state index contributed by atoms with van der Waals surface area (Å²) in [5.41, 5.74) is 5.62. The lowest BCUT2D eigenvalue weighted by molar-refractivity contribution is -0.116. The van der Waals surface area contributed by atoms with Crippen molar-refractivity contribution in [2.24, 2.45) is 5.73 Å². The Morgan fingerprint density at radius 2 is 2.00 bits per heavy atom. The fraction of sp³-hybridized carbons (Fsp3) is 0.167. The summed E-state index contributed by atoms with van der Waals surface area (Å²) in [5.74, 6) is -0.280. The molecule has 96 valence electrons. The molecule has 3 N–H and O–H groups in total. The molecule has 1 aromatic carbocycles. The van der Waals surface area contributed by atoms with E-state index in [0.29, 0.717) is 5.02 Å². The molecule has 0 unspecified atom stereocenters. The number of carbonyl (C=O) groups excluding carboxylic acids is 2. The first-order valence-corrected chi connectivity index (χ1v) is 5.59. The number of nitrogens with one attached hydrogen (secondary N) is 1. The van der Waals surface area contributed by atoms with Gasteiger partial charge in [-0.05, 0) is 23.8 Å². The van der Waals surface area contributed by atoms with Crippen molar-refractivity contribution in [1.82, 2.24) is 5.32 Å². The molecule has 2 amide bonds. The van der Waals surface area contributed by atoms with Crippen LogP contribution in [-0.4, -0.2) is 25.2 Å². The molecular weight excluding hydrogens is 256 g/mol. The largest absolute Gasteiger partial charge is 0.448 e. The SMILES string of the molecule is NC(=O)OCCNC(=O)/C=C/c1ccc(Cl)cc1. The zero-order valence-corrected chi connectivity index (χ0v) is 10.3. The summed E-state index contributed by atoms with van der Waals surface area (Å²) in [6.07, 6.45) is 2.18. The number of nitrogens with two attached hydrogens (primary N) is 1. The van der Waals surface area contributed by atoms with Crippen LogP contribution in [0, 0.1) is 0 Å². The molecule has 18 heavy (non-hydrogen) atoms. The molecule has 0 bridgehead atoms. The molecule has 0 saturated heterocycles. The van der Waals surface area contributed by atoms with Crippen molar-refractivity contribution in [2.75, 3.05) is 13.2 Å². The van der Waals surface area contributed by atoms with Crippen molar-refractivity contribution in [3.8, 4) is 0 Å². The lowest BCUT2D eigenvalue weighted by Crippen LogP contribution is -2.27. The second-order valence-corrected chi connectivity index (χ2v) is 3.78. The second kappa shape index (κ2) is 7.34. The number of benzene rings is 1. The van der Waals surface area contributed by atoms with E-state index in [4.69, 9.17) is 17.3 Å². The van der Waals surface area contributed by atoms with Gasteiger partial charge in [0.25, 0.3) is 0 Å². The van der Waals surface area contributed by atoms with Crippen molar-refractivity contribution in [3.63, 3.8) is 0 Å². The summed E-state index contributed by atoms with van der Waals surface area (Å²) >= 11 is 5.73. The summed E-state index contributed by atoms with van der Waals surface area (Å²) in [4.78, 5) is 21.6. The fourth-order valence-corrected chi connectivity index (χ4v) is 1.26. The van der Waals surface area contributed by atoms with Gasteiger partial charge in [0.2, 0.25) is 5.91 Å². The number of primary amides is 1. The highest BCUT2D eigenvalue weighted by Crippen LogP contribution is 2.10. The van der Waals surface area contributed by atoms with Crippen LogP contribution in [0.1, 0.15) is 5.56 Å². The molecule has 0 aliphatic heterocycles. The Morgan fingerprint density at radius 3 is 2.61 bits per heavy atom. The molecule has 6 heteroatoms. The van der Waals surface area contributed by atoms with Gasteiger partial charge >= 0.3 is 6.09 Å². The van der Waals surface area contributed by atoms with Crippen LogP contribution in [0.2, 0.25) is 5.02 Å². The molecule has 0 fully saturated rings. The quantitative estimate of drug-likeness (QED) is 0.628. The van der Waals surface area contributed by atoms with E-state index in [2.05, 4.69) is 10.1 Å². The normalized spacial score (nSPS) is 10.3. The van der Waals surface area contributed by atoms with Gasteiger partial charge in [0.15, 0.2) is 0 Å². The lowest BCUT2D eigenvalue weighted by Gasteiger charge is -2.01. The zero-order chi connectivity index (χ0) is 13.4. The summed E-state index contributed by atoms with van der Waals surface area (Å²) in [6.45, 7) is 0.266. The minimum Gasteiger partial charge on any atom is -0.448 e. The lowest BCUT2D eigenvalue weighted by atomic mass is 10.2. The van der Waals surface area contributed by atoms with Crippen molar-refractivity contribution in [2.45, 2.75) is 0 Å². The van der Waals surface area contributed by atoms with Gasteiger partial charge in [-0.3, -0.25) is 4.79 Å². The van der Waals surface area contributed by atoms with Gasteiger partial charge in [-0.1, -0.05) is 23.7 Å². The van der Waals surface area contributed by atoms with Gasteiger partial charge in [-0.2, -0.15) is 0 Å². The third kappa shape index (κ3) is 5.91. The van der Waals surface area contributed by atoms with Crippen LogP contribution in [0.15, 0.2) is 30.3 Å². The van der Waals surface area contributed by atoms with E-state index in [-0.39, 0.29) is 19.1 Å². The first kappa shape index (κ1) is 14.1. The minimum absolute atomic E-state index is 0.0514. The maximum atomic E-state index is 11.3. The Kier molecular flexibility index (Phi) is 5.73. The summed E-state index contributed by atoms with van der Waals surface area (Å²) < 4.78 is 4.45. The Labute approximate surface area is 110 Å². The molecule has 0 radical (unpaired) electrons. The summed E-state index contributed by atoms with van der Waals surface area (Å²) in [6, 6.07) is 7.06. The van der Waals surface area contributed by atoms with Gasteiger partial charge in [-0.15, -0.1) is 0 Å². The number of rotatable bonds is 5. The highest BCUT2D eigenvalue weighted by Gasteiger charge is 1.96. The van der Waals surface area contributed by atoms with Crippen LogP contribution in [-0.2, 0) is 9.53 Å². The van der Waals surface area contributed by atoms with Crippen LogP contribution in [0.3, 0.4) is 0 Å². The number of hydrogen-bond acceptors (Lipinski definition) is 3. The molecule has 0 aromatic heterocycles. The maximum Gasteiger partial charge on any atom is 0.404 e. The standard InChI is InChI=1S/C12H13ClN2O3/c13-10-4-1-9(2-5-10)3-6-11(16)15-7-8-18-12(14)17/h1-6H,7-8H2,(H2,14,17)(H,15,16)/b6-3+. The first-order chi connectivity index (χ1) is 8.58. The number of hydrogen-bond donors (Lipinski definition) is 2. The van der Waals surface area contributed by atoms with Crippen LogP contribution in [0.25, 0.3) is 6.08 Å². The second-order valence-electron chi connectivity index (χ2n) is 3.34. The van der Waals surface area contributed by atoms with Gasteiger partial charge in [-0.25, -0.2) is 4.79 Å².